The molecule has 1 aromatic heterocycles. The molecule has 0 spiro atoms. The Bertz CT molecular complexity index is 887. The van der Waals surface area contributed by atoms with Crippen LogP contribution in [0.2, 0.25) is 0 Å². The van der Waals surface area contributed by atoms with Gasteiger partial charge in [-0.15, -0.1) is 0 Å². The lowest BCUT2D eigenvalue weighted by molar-refractivity contribution is -0.120. The number of benzene rings is 1. The maximum absolute atomic E-state index is 12.6. The fraction of sp³-hybridized carbons (Fsp3) is 0.278. The van der Waals surface area contributed by atoms with Gasteiger partial charge in [0.25, 0.3) is 11.5 Å². The largest absolute Gasteiger partial charge is 0.488 e. The first kappa shape index (κ1) is 16.8. The quantitative estimate of drug-likeness (QED) is 0.769. The van der Waals surface area contributed by atoms with Crippen molar-refractivity contribution in [3.63, 3.8) is 0 Å². The van der Waals surface area contributed by atoms with E-state index < -0.39 is 0 Å². The molecular weight excluding hydrogens is 324 g/mol. The standard InChI is InChI=1S/C18H18N2O5/c1-3-24-16-5-4-8-20(18(16)23)10-14(21)12-6-7-15-13(9-12)19(2)17(22)11-25-15/h4-9H,3,10-11H2,1-2H3. The fourth-order valence-corrected chi connectivity index (χ4v) is 2.60. The van der Waals surface area contributed by atoms with Crippen LogP contribution in [0.15, 0.2) is 41.3 Å². The molecule has 1 aromatic carbocycles. The predicted molar refractivity (Wildman–Crippen MR) is 91.5 cm³/mol. The fourth-order valence-electron chi connectivity index (χ4n) is 2.60. The van der Waals surface area contributed by atoms with Gasteiger partial charge in [0.2, 0.25) is 0 Å². The number of fused-ring (bicyclic) bond motifs is 1. The van der Waals surface area contributed by atoms with E-state index in [2.05, 4.69) is 0 Å². The number of nitrogens with zero attached hydrogens (tertiary/aromatic N) is 2. The second-order valence-corrected chi connectivity index (χ2v) is 5.59. The van der Waals surface area contributed by atoms with Crippen LogP contribution in [-0.2, 0) is 11.3 Å². The highest BCUT2D eigenvalue weighted by molar-refractivity contribution is 6.01. The van der Waals surface area contributed by atoms with Gasteiger partial charge in [-0.05, 0) is 37.3 Å². The molecular formula is C18H18N2O5. The highest BCUT2D eigenvalue weighted by atomic mass is 16.5. The van der Waals surface area contributed by atoms with Crippen molar-refractivity contribution in [1.82, 2.24) is 4.57 Å². The molecule has 1 aliphatic heterocycles. The first-order valence-electron chi connectivity index (χ1n) is 7.90. The SMILES string of the molecule is CCOc1cccn(CC(=O)c2ccc3c(c2)N(C)C(=O)CO3)c1=O. The maximum Gasteiger partial charge on any atom is 0.293 e. The normalized spacial score (nSPS) is 13.2. The number of anilines is 1. The number of carbonyl (C=O) groups is 2. The third-order valence-corrected chi connectivity index (χ3v) is 3.97. The predicted octanol–water partition coefficient (Wildman–Crippen LogP) is 1.49. The Balaban J connectivity index is 1.87. The summed E-state index contributed by atoms with van der Waals surface area (Å²) in [6.45, 7) is 2.03. The minimum Gasteiger partial charge on any atom is -0.488 e. The minimum atomic E-state index is -0.355. The van der Waals surface area contributed by atoms with Gasteiger partial charge in [-0.1, -0.05) is 0 Å². The van der Waals surface area contributed by atoms with E-state index in [4.69, 9.17) is 9.47 Å². The van der Waals surface area contributed by atoms with E-state index in [9.17, 15) is 14.4 Å². The van der Waals surface area contributed by atoms with Crippen LogP contribution in [0, 0.1) is 0 Å². The van der Waals surface area contributed by atoms with Gasteiger partial charge in [-0.25, -0.2) is 0 Å². The molecule has 7 nitrogen and oxygen atoms in total. The Hall–Kier alpha value is -3.09. The summed E-state index contributed by atoms with van der Waals surface area (Å²) in [5.41, 5.74) is 0.585. The Morgan fingerprint density at radius 2 is 2.08 bits per heavy atom. The van der Waals surface area contributed by atoms with Gasteiger partial charge < -0.3 is 18.9 Å². The zero-order valence-electron chi connectivity index (χ0n) is 14.0. The van der Waals surface area contributed by atoms with E-state index in [-0.39, 0.29) is 36.2 Å². The first-order valence-corrected chi connectivity index (χ1v) is 7.90. The summed E-state index contributed by atoms with van der Waals surface area (Å²) in [6.07, 6.45) is 1.54. The summed E-state index contributed by atoms with van der Waals surface area (Å²) < 4.78 is 11.9. The summed E-state index contributed by atoms with van der Waals surface area (Å²) in [5.74, 6) is 0.332. The number of amides is 1. The molecule has 3 rings (SSSR count). The molecule has 0 atom stereocenters. The van der Waals surface area contributed by atoms with Crippen molar-refractivity contribution in [3.8, 4) is 11.5 Å². The second kappa shape index (κ2) is 6.80. The Labute approximate surface area is 144 Å². The van der Waals surface area contributed by atoms with Gasteiger partial charge in [-0.2, -0.15) is 0 Å². The average Bonchev–Trinajstić information content (AvgIpc) is 2.61. The topological polar surface area (TPSA) is 77.8 Å². The third-order valence-electron chi connectivity index (χ3n) is 3.97. The van der Waals surface area contributed by atoms with Gasteiger partial charge >= 0.3 is 0 Å². The molecule has 0 unspecified atom stereocenters. The lowest BCUT2D eigenvalue weighted by Crippen LogP contribution is -2.35. The molecule has 2 aromatic rings. The van der Waals surface area contributed by atoms with Gasteiger partial charge in [-0.3, -0.25) is 14.4 Å². The zero-order chi connectivity index (χ0) is 18.0. The van der Waals surface area contributed by atoms with Gasteiger partial charge in [0, 0.05) is 18.8 Å². The Kier molecular flexibility index (Phi) is 4.56. The van der Waals surface area contributed by atoms with Gasteiger partial charge in [0.15, 0.2) is 18.1 Å². The molecule has 2 heterocycles. The molecule has 1 aliphatic rings. The van der Waals surface area contributed by atoms with Crippen LogP contribution in [0.4, 0.5) is 5.69 Å². The number of carbonyl (C=O) groups excluding carboxylic acids is 2. The van der Waals surface area contributed by atoms with Crippen molar-refractivity contribution in [1.29, 1.82) is 0 Å². The van der Waals surface area contributed by atoms with E-state index in [1.165, 1.54) is 9.47 Å². The van der Waals surface area contributed by atoms with Crippen molar-refractivity contribution >= 4 is 17.4 Å². The van der Waals surface area contributed by atoms with E-state index in [0.29, 0.717) is 23.6 Å². The molecule has 1 amide bonds. The van der Waals surface area contributed by atoms with E-state index >= 15 is 0 Å². The zero-order valence-corrected chi connectivity index (χ0v) is 14.0. The summed E-state index contributed by atoms with van der Waals surface area (Å²) in [7, 11) is 1.63. The third kappa shape index (κ3) is 3.26. The number of ketones is 1. The van der Waals surface area contributed by atoms with E-state index in [1.54, 1.807) is 50.5 Å². The number of rotatable bonds is 5. The molecule has 130 valence electrons. The van der Waals surface area contributed by atoms with Crippen molar-refractivity contribution in [2.24, 2.45) is 0 Å². The first-order chi connectivity index (χ1) is 12.0. The summed E-state index contributed by atoms with van der Waals surface area (Å²) >= 11 is 0. The van der Waals surface area contributed by atoms with Crippen LogP contribution in [0.1, 0.15) is 17.3 Å². The summed E-state index contributed by atoms with van der Waals surface area (Å²) in [6, 6.07) is 8.12. The molecule has 0 radical (unpaired) electrons. The highest BCUT2D eigenvalue weighted by Gasteiger charge is 2.23. The molecule has 0 fully saturated rings. The van der Waals surface area contributed by atoms with Crippen molar-refractivity contribution in [3.05, 3.63) is 52.4 Å². The molecule has 0 aliphatic carbocycles. The second-order valence-electron chi connectivity index (χ2n) is 5.59. The number of hydrogen-bond acceptors (Lipinski definition) is 5. The Morgan fingerprint density at radius 3 is 2.84 bits per heavy atom. The molecule has 7 heteroatoms. The number of Topliss-reactive ketones (excluding diaryl/α,β-unsaturated/α-hetero) is 1. The summed E-state index contributed by atoms with van der Waals surface area (Å²) in [4.78, 5) is 38.0. The number of pyridine rings is 1. The average molecular weight is 342 g/mol. The molecule has 25 heavy (non-hydrogen) atoms. The monoisotopic (exact) mass is 342 g/mol. The molecule has 0 saturated heterocycles. The molecule has 0 bridgehead atoms. The Morgan fingerprint density at radius 1 is 1.28 bits per heavy atom. The maximum atomic E-state index is 12.6. The van der Waals surface area contributed by atoms with Crippen molar-refractivity contribution < 1.29 is 19.1 Å². The number of aromatic nitrogens is 1. The van der Waals surface area contributed by atoms with E-state index in [1.807, 2.05) is 0 Å². The van der Waals surface area contributed by atoms with Crippen LogP contribution in [0.5, 0.6) is 11.5 Å². The van der Waals surface area contributed by atoms with Crippen LogP contribution >= 0.6 is 0 Å². The minimum absolute atomic E-state index is 0.0175. The van der Waals surface area contributed by atoms with Crippen molar-refractivity contribution in [2.75, 3.05) is 25.2 Å². The smallest absolute Gasteiger partial charge is 0.293 e. The van der Waals surface area contributed by atoms with Crippen LogP contribution < -0.4 is 19.9 Å². The number of ether oxygens (including phenoxy) is 2. The number of likely N-dealkylation sites (N-methyl/N-ethyl adjacent to an activating group) is 1. The lowest BCUT2D eigenvalue weighted by Gasteiger charge is -2.26. The molecule has 0 saturated carbocycles. The van der Waals surface area contributed by atoms with Crippen LogP contribution in [0.3, 0.4) is 0 Å². The summed E-state index contributed by atoms with van der Waals surface area (Å²) in [5, 5.41) is 0. The number of hydrogen-bond donors (Lipinski definition) is 0. The van der Waals surface area contributed by atoms with Gasteiger partial charge in [0.1, 0.15) is 5.75 Å². The lowest BCUT2D eigenvalue weighted by atomic mass is 10.1. The highest BCUT2D eigenvalue weighted by Crippen LogP contribution is 2.32. The van der Waals surface area contributed by atoms with Crippen LogP contribution in [-0.4, -0.2) is 36.5 Å². The van der Waals surface area contributed by atoms with E-state index in [0.717, 1.165) is 0 Å². The van der Waals surface area contributed by atoms with Crippen molar-refractivity contribution in [2.45, 2.75) is 13.5 Å². The van der Waals surface area contributed by atoms with Crippen LogP contribution in [0.25, 0.3) is 0 Å². The van der Waals surface area contributed by atoms with Gasteiger partial charge in [0.05, 0.1) is 18.8 Å². The molecule has 0 N–H and O–H groups in total.